The van der Waals surface area contributed by atoms with E-state index in [1.807, 2.05) is 23.1 Å². The third-order valence-corrected chi connectivity index (χ3v) is 6.43. The van der Waals surface area contributed by atoms with Gasteiger partial charge in [0.2, 0.25) is 5.91 Å². The minimum absolute atomic E-state index is 0.0777. The Hall–Kier alpha value is -2.89. The molecule has 4 rings (SSSR count). The largest absolute Gasteiger partial charge is 0.369 e. The molecule has 1 heterocycles. The molecular formula is C25H30FN3O2. The number of halogens is 1. The monoisotopic (exact) mass is 423 g/mol. The van der Waals surface area contributed by atoms with Gasteiger partial charge in [-0.2, -0.15) is 0 Å². The van der Waals surface area contributed by atoms with Crippen molar-refractivity contribution in [3.8, 4) is 0 Å². The summed E-state index contributed by atoms with van der Waals surface area (Å²) in [5.74, 6) is -0.593. The molecule has 2 N–H and O–H groups in total. The highest BCUT2D eigenvalue weighted by molar-refractivity contribution is 6.04. The van der Waals surface area contributed by atoms with Gasteiger partial charge in [0.1, 0.15) is 5.82 Å². The summed E-state index contributed by atoms with van der Waals surface area (Å²) in [6, 6.07) is 14.1. The lowest BCUT2D eigenvalue weighted by Gasteiger charge is -2.33. The van der Waals surface area contributed by atoms with Gasteiger partial charge in [-0.1, -0.05) is 43.5 Å². The number of hydrogen-bond acceptors (Lipinski definition) is 3. The summed E-state index contributed by atoms with van der Waals surface area (Å²) in [6.45, 7) is 1.26. The molecule has 1 saturated carbocycles. The standard InChI is InChI=1S/C25H30FN3O2/c26-21-11-5-7-13-23(21)29-16-14-18(15-17-29)24(30)28-22-12-6-4-10-20(22)25(31)27-19-8-2-1-3-9-19/h4-7,10-13,18-19H,1-3,8-9,14-17H2,(H,27,31)(H,28,30). The zero-order valence-electron chi connectivity index (χ0n) is 17.8. The maximum absolute atomic E-state index is 14.0. The third kappa shape index (κ3) is 5.24. The zero-order valence-corrected chi connectivity index (χ0v) is 17.8. The number of carbonyl (C=O) groups is 2. The van der Waals surface area contributed by atoms with E-state index in [1.54, 1.807) is 24.3 Å². The Bertz CT molecular complexity index is 918. The molecule has 0 spiro atoms. The number of rotatable bonds is 5. The second-order valence-electron chi connectivity index (χ2n) is 8.56. The summed E-state index contributed by atoms with van der Waals surface area (Å²) in [7, 11) is 0. The molecule has 1 aliphatic carbocycles. The fourth-order valence-electron chi connectivity index (χ4n) is 4.63. The summed E-state index contributed by atoms with van der Waals surface area (Å²) in [4.78, 5) is 27.7. The van der Waals surface area contributed by atoms with Gasteiger partial charge in [-0.25, -0.2) is 4.39 Å². The molecule has 1 aliphatic heterocycles. The molecule has 2 amide bonds. The zero-order chi connectivity index (χ0) is 21.6. The summed E-state index contributed by atoms with van der Waals surface area (Å²) in [5.41, 5.74) is 1.65. The van der Waals surface area contributed by atoms with Gasteiger partial charge < -0.3 is 15.5 Å². The van der Waals surface area contributed by atoms with Crippen LogP contribution in [0.3, 0.4) is 0 Å². The van der Waals surface area contributed by atoms with Gasteiger partial charge in [0.15, 0.2) is 0 Å². The molecule has 2 aromatic carbocycles. The summed E-state index contributed by atoms with van der Waals surface area (Å²) >= 11 is 0. The minimum atomic E-state index is -0.233. The van der Waals surface area contributed by atoms with Crippen LogP contribution in [0.1, 0.15) is 55.3 Å². The lowest BCUT2D eigenvalue weighted by atomic mass is 9.94. The number of benzene rings is 2. The molecule has 2 aliphatic rings. The minimum Gasteiger partial charge on any atom is -0.369 e. The smallest absolute Gasteiger partial charge is 0.253 e. The lowest BCUT2D eigenvalue weighted by Crippen LogP contribution is -2.39. The summed E-state index contributed by atoms with van der Waals surface area (Å²) in [5, 5.41) is 6.10. The number of nitrogens with one attached hydrogen (secondary N) is 2. The van der Waals surface area contributed by atoms with Crippen LogP contribution >= 0.6 is 0 Å². The summed E-state index contributed by atoms with van der Waals surface area (Å²) < 4.78 is 14.0. The van der Waals surface area contributed by atoms with Gasteiger partial charge in [-0.3, -0.25) is 9.59 Å². The highest BCUT2D eigenvalue weighted by Crippen LogP contribution is 2.27. The number of carbonyl (C=O) groups excluding carboxylic acids is 2. The fraction of sp³-hybridized carbons (Fsp3) is 0.440. The van der Waals surface area contributed by atoms with Crippen LogP contribution in [0.5, 0.6) is 0 Å². The first kappa shape index (κ1) is 21.3. The molecule has 0 bridgehead atoms. The van der Waals surface area contributed by atoms with Crippen LogP contribution in [0.25, 0.3) is 0 Å². The van der Waals surface area contributed by atoms with Crippen molar-refractivity contribution in [3.63, 3.8) is 0 Å². The predicted molar refractivity (Wildman–Crippen MR) is 121 cm³/mol. The van der Waals surface area contributed by atoms with Crippen molar-refractivity contribution in [1.82, 2.24) is 5.32 Å². The first-order chi connectivity index (χ1) is 15.1. The molecule has 164 valence electrons. The Kier molecular flexibility index (Phi) is 6.85. The second kappa shape index (κ2) is 9.94. The van der Waals surface area contributed by atoms with Crippen molar-refractivity contribution < 1.29 is 14.0 Å². The van der Waals surface area contributed by atoms with Gasteiger partial charge in [0.25, 0.3) is 5.91 Å². The van der Waals surface area contributed by atoms with Crippen molar-refractivity contribution >= 4 is 23.2 Å². The molecule has 0 atom stereocenters. The molecule has 0 aromatic heterocycles. The normalized spacial score (nSPS) is 17.9. The van der Waals surface area contributed by atoms with Crippen LogP contribution in [-0.4, -0.2) is 30.9 Å². The first-order valence-electron chi connectivity index (χ1n) is 11.3. The molecule has 31 heavy (non-hydrogen) atoms. The molecule has 5 nitrogen and oxygen atoms in total. The third-order valence-electron chi connectivity index (χ3n) is 6.43. The Balaban J connectivity index is 1.36. The van der Waals surface area contributed by atoms with Gasteiger partial charge in [0.05, 0.1) is 16.9 Å². The maximum Gasteiger partial charge on any atom is 0.253 e. The summed E-state index contributed by atoms with van der Waals surface area (Å²) in [6.07, 6.45) is 6.85. The van der Waals surface area contributed by atoms with E-state index in [9.17, 15) is 14.0 Å². The average molecular weight is 424 g/mol. The van der Waals surface area contributed by atoms with E-state index in [0.717, 1.165) is 25.7 Å². The van der Waals surface area contributed by atoms with Crippen molar-refractivity contribution in [2.45, 2.75) is 51.0 Å². The molecule has 2 aromatic rings. The highest BCUT2D eigenvalue weighted by atomic mass is 19.1. The van der Waals surface area contributed by atoms with Crippen molar-refractivity contribution in [2.24, 2.45) is 5.92 Å². The van der Waals surface area contributed by atoms with E-state index in [-0.39, 0.29) is 29.6 Å². The van der Waals surface area contributed by atoms with E-state index in [2.05, 4.69) is 10.6 Å². The average Bonchev–Trinajstić information content (AvgIpc) is 2.80. The molecule has 2 fully saturated rings. The van der Waals surface area contributed by atoms with Crippen molar-refractivity contribution in [2.75, 3.05) is 23.3 Å². The van der Waals surface area contributed by atoms with Gasteiger partial charge in [0, 0.05) is 25.0 Å². The molecule has 1 saturated heterocycles. The Morgan fingerprint density at radius 3 is 2.29 bits per heavy atom. The van der Waals surface area contributed by atoms with Crippen LogP contribution in [-0.2, 0) is 4.79 Å². The maximum atomic E-state index is 14.0. The van der Waals surface area contributed by atoms with Gasteiger partial charge in [-0.05, 0) is 49.9 Å². The Morgan fingerprint density at radius 1 is 0.871 bits per heavy atom. The van der Waals surface area contributed by atoms with Crippen molar-refractivity contribution in [1.29, 1.82) is 0 Å². The predicted octanol–water partition coefficient (Wildman–Crippen LogP) is 4.74. The Labute approximate surface area is 183 Å². The number of anilines is 2. The number of hydrogen-bond donors (Lipinski definition) is 2. The Morgan fingerprint density at radius 2 is 1.55 bits per heavy atom. The quantitative estimate of drug-likeness (QED) is 0.730. The van der Waals surface area contributed by atoms with Crippen LogP contribution in [0.4, 0.5) is 15.8 Å². The number of nitrogens with zero attached hydrogens (tertiary/aromatic N) is 1. The van der Waals surface area contributed by atoms with E-state index >= 15 is 0 Å². The van der Waals surface area contributed by atoms with E-state index in [0.29, 0.717) is 42.9 Å². The fourth-order valence-corrected chi connectivity index (χ4v) is 4.63. The van der Waals surface area contributed by atoms with Gasteiger partial charge in [-0.15, -0.1) is 0 Å². The second-order valence-corrected chi connectivity index (χ2v) is 8.56. The molecular weight excluding hydrogens is 393 g/mol. The molecule has 6 heteroatoms. The SMILES string of the molecule is O=C(NC1CCCCC1)c1ccccc1NC(=O)C1CCN(c2ccccc2F)CC1. The molecule has 0 radical (unpaired) electrons. The van der Waals surface area contributed by atoms with Crippen LogP contribution in [0.15, 0.2) is 48.5 Å². The van der Waals surface area contributed by atoms with Crippen LogP contribution in [0.2, 0.25) is 0 Å². The first-order valence-corrected chi connectivity index (χ1v) is 11.3. The highest BCUT2D eigenvalue weighted by Gasteiger charge is 2.27. The van der Waals surface area contributed by atoms with Crippen molar-refractivity contribution in [3.05, 3.63) is 59.9 Å². The topological polar surface area (TPSA) is 61.4 Å². The number of piperidine rings is 1. The van der Waals surface area contributed by atoms with Gasteiger partial charge >= 0.3 is 0 Å². The van der Waals surface area contributed by atoms with E-state index in [4.69, 9.17) is 0 Å². The lowest BCUT2D eigenvalue weighted by molar-refractivity contribution is -0.120. The van der Waals surface area contributed by atoms with Crippen LogP contribution in [0, 0.1) is 11.7 Å². The van der Waals surface area contributed by atoms with Crippen LogP contribution < -0.4 is 15.5 Å². The number of para-hydroxylation sites is 2. The van der Waals surface area contributed by atoms with E-state index in [1.165, 1.54) is 12.5 Å². The number of amides is 2. The van der Waals surface area contributed by atoms with E-state index < -0.39 is 0 Å². The molecule has 0 unspecified atom stereocenters.